The summed E-state index contributed by atoms with van der Waals surface area (Å²) in [6, 6.07) is 0. The van der Waals surface area contributed by atoms with Gasteiger partial charge in [0.05, 0.1) is 0 Å². The molecule has 0 fully saturated rings. The Morgan fingerprint density at radius 1 is 1.50 bits per heavy atom. The van der Waals surface area contributed by atoms with Gasteiger partial charge < -0.3 is 0 Å². The predicted octanol–water partition coefficient (Wildman–Crippen LogP) is 3.84. The van der Waals surface area contributed by atoms with Gasteiger partial charge in [-0.3, -0.25) is 0 Å². The van der Waals surface area contributed by atoms with Crippen molar-refractivity contribution in [2.45, 2.75) is 46.5 Å². The van der Waals surface area contributed by atoms with Gasteiger partial charge in [-0.25, -0.2) is 0 Å². The van der Waals surface area contributed by atoms with Crippen molar-refractivity contribution in [2.24, 2.45) is 5.41 Å². The summed E-state index contributed by atoms with van der Waals surface area (Å²) in [4.78, 5) is 0. The van der Waals surface area contributed by atoms with Crippen LogP contribution >= 0.6 is 0 Å². The van der Waals surface area contributed by atoms with Crippen LogP contribution in [-0.2, 0) is 0 Å². The minimum absolute atomic E-state index is 0.521. The molecule has 0 N–H and O–H groups in total. The van der Waals surface area contributed by atoms with E-state index >= 15 is 0 Å². The third kappa shape index (κ3) is 0.972. The molecule has 0 saturated carbocycles. The van der Waals surface area contributed by atoms with E-state index in [0.29, 0.717) is 5.41 Å². The van der Waals surface area contributed by atoms with Gasteiger partial charge in [0.15, 0.2) is 0 Å². The van der Waals surface area contributed by atoms with Crippen molar-refractivity contribution in [3.8, 4) is 0 Å². The molecular weight excluding hydrogens is 144 g/mol. The first-order valence-electron chi connectivity index (χ1n) is 5.05. The van der Waals surface area contributed by atoms with Crippen LogP contribution in [0, 0.1) is 5.41 Å². The van der Waals surface area contributed by atoms with Gasteiger partial charge in [0.1, 0.15) is 0 Å². The topological polar surface area (TPSA) is 0 Å². The molecule has 0 saturated heterocycles. The van der Waals surface area contributed by atoms with Crippen molar-refractivity contribution in [3.63, 3.8) is 0 Å². The molecule has 0 amide bonds. The fourth-order valence-electron chi connectivity index (χ4n) is 2.58. The molecule has 1 atom stereocenters. The summed E-state index contributed by atoms with van der Waals surface area (Å²) in [6.45, 7) is 7.00. The molecule has 0 nitrogen and oxygen atoms in total. The molecule has 2 aliphatic rings. The first kappa shape index (κ1) is 8.10. The molecule has 0 aromatic rings. The van der Waals surface area contributed by atoms with Gasteiger partial charge >= 0.3 is 0 Å². The standard InChI is InChI=1S/C12H18/c1-4-12(3)6-5-10-7-9(2)8-11(10)12/h8H,4-7H2,1-3H3. The second kappa shape index (κ2) is 2.48. The minimum atomic E-state index is 0.521. The Hall–Kier alpha value is -0.520. The van der Waals surface area contributed by atoms with Crippen LogP contribution in [-0.4, -0.2) is 0 Å². The first-order chi connectivity index (χ1) is 5.65. The summed E-state index contributed by atoms with van der Waals surface area (Å²) >= 11 is 0. The van der Waals surface area contributed by atoms with Crippen LogP contribution in [0.15, 0.2) is 22.8 Å². The lowest BCUT2D eigenvalue weighted by Crippen LogP contribution is -2.12. The highest BCUT2D eigenvalue weighted by molar-refractivity contribution is 5.45. The fourth-order valence-corrected chi connectivity index (χ4v) is 2.58. The van der Waals surface area contributed by atoms with Crippen LogP contribution in [0.2, 0.25) is 0 Å². The van der Waals surface area contributed by atoms with Crippen LogP contribution in [0.4, 0.5) is 0 Å². The Morgan fingerprint density at radius 3 is 2.92 bits per heavy atom. The van der Waals surface area contributed by atoms with Crippen LogP contribution in [0.25, 0.3) is 0 Å². The van der Waals surface area contributed by atoms with Gasteiger partial charge in [-0.1, -0.05) is 31.1 Å². The average molecular weight is 162 g/mol. The summed E-state index contributed by atoms with van der Waals surface area (Å²) in [5.41, 5.74) is 5.51. The van der Waals surface area contributed by atoms with Gasteiger partial charge in [-0.15, -0.1) is 0 Å². The van der Waals surface area contributed by atoms with Gasteiger partial charge in [0.2, 0.25) is 0 Å². The van der Waals surface area contributed by atoms with Crippen LogP contribution in [0.3, 0.4) is 0 Å². The molecule has 12 heavy (non-hydrogen) atoms. The number of hydrogen-bond acceptors (Lipinski definition) is 0. The van der Waals surface area contributed by atoms with Crippen molar-refractivity contribution in [1.82, 2.24) is 0 Å². The van der Waals surface area contributed by atoms with Crippen molar-refractivity contribution in [2.75, 3.05) is 0 Å². The molecule has 0 aromatic carbocycles. The van der Waals surface area contributed by atoms with Gasteiger partial charge in [0.25, 0.3) is 0 Å². The monoisotopic (exact) mass is 162 g/mol. The predicted molar refractivity (Wildman–Crippen MR) is 53.0 cm³/mol. The van der Waals surface area contributed by atoms with E-state index in [-0.39, 0.29) is 0 Å². The highest BCUT2D eigenvalue weighted by atomic mass is 14.4. The lowest BCUT2D eigenvalue weighted by atomic mass is 9.81. The lowest BCUT2D eigenvalue weighted by molar-refractivity contribution is 0.386. The zero-order chi connectivity index (χ0) is 8.77. The van der Waals surface area contributed by atoms with Crippen LogP contribution < -0.4 is 0 Å². The molecule has 0 bridgehead atoms. The second-order valence-corrected chi connectivity index (χ2v) is 4.60. The van der Waals surface area contributed by atoms with E-state index in [1.54, 1.807) is 16.7 Å². The van der Waals surface area contributed by atoms with Crippen LogP contribution in [0.5, 0.6) is 0 Å². The van der Waals surface area contributed by atoms with E-state index in [2.05, 4.69) is 26.8 Å². The van der Waals surface area contributed by atoms with Gasteiger partial charge in [0, 0.05) is 0 Å². The van der Waals surface area contributed by atoms with E-state index in [0.717, 1.165) is 0 Å². The molecule has 0 aliphatic heterocycles. The zero-order valence-corrected chi connectivity index (χ0v) is 8.41. The molecule has 0 spiro atoms. The summed E-state index contributed by atoms with van der Waals surface area (Å²) in [6.07, 6.45) is 7.75. The third-order valence-electron chi connectivity index (χ3n) is 3.67. The number of hydrogen-bond donors (Lipinski definition) is 0. The highest BCUT2D eigenvalue weighted by Crippen LogP contribution is 2.50. The van der Waals surface area contributed by atoms with Crippen molar-refractivity contribution in [1.29, 1.82) is 0 Å². The Morgan fingerprint density at radius 2 is 2.25 bits per heavy atom. The molecule has 1 unspecified atom stereocenters. The fraction of sp³-hybridized carbons (Fsp3) is 0.667. The average Bonchev–Trinajstić information content (AvgIpc) is 2.53. The molecule has 2 aliphatic carbocycles. The van der Waals surface area contributed by atoms with E-state index in [9.17, 15) is 0 Å². The van der Waals surface area contributed by atoms with Crippen molar-refractivity contribution >= 4 is 0 Å². The van der Waals surface area contributed by atoms with E-state index in [4.69, 9.17) is 0 Å². The SMILES string of the molecule is CCC1(C)CCC2=C1C=C(C)C2. The Balaban J connectivity index is 2.34. The number of allylic oxidation sites excluding steroid dienone is 4. The lowest BCUT2D eigenvalue weighted by Gasteiger charge is -2.24. The summed E-state index contributed by atoms with van der Waals surface area (Å²) in [5, 5.41) is 0. The molecule has 0 heteroatoms. The van der Waals surface area contributed by atoms with Crippen molar-refractivity contribution in [3.05, 3.63) is 22.8 Å². The summed E-state index contributed by atoms with van der Waals surface area (Å²) in [7, 11) is 0. The maximum atomic E-state index is 2.44. The van der Waals surface area contributed by atoms with Crippen LogP contribution in [0.1, 0.15) is 46.5 Å². The first-order valence-corrected chi connectivity index (χ1v) is 5.05. The molecule has 0 heterocycles. The largest absolute Gasteiger partial charge is 0.0690 e. The molecule has 66 valence electrons. The molecule has 0 aromatic heterocycles. The highest BCUT2D eigenvalue weighted by Gasteiger charge is 2.35. The Labute approximate surface area is 75.4 Å². The van der Waals surface area contributed by atoms with E-state index in [1.165, 1.54) is 25.7 Å². The summed E-state index contributed by atoms with van der Waals surface area (Å²) < 4.78 is 0. The van der Waals surface area contributed by atoms with Crippen molar-refractivity contribution < 1.29 is 0 Å². The summed E-state index contributed by atoms with van der Waals surface area (Å²) in [5.74, 6) is 0. The molecular formula is C12H18. The Bertz CT molecular complexity index is 268. The minimum Gasteiger partial charge on any atom is -0.0690 e. The van der Waals surface area contributed by atoms with Gasteiger partial charge in [-0.2, -0.15) is 0 Å². The third-order valence-corrected chi connectivity index (χ3v) is 3.67. The van der Waals surface area contributed by atoms with Gasteiger partial charge in [-0.05, 0) is 43.6 Å². The van der Waals surface area contributed by atoms with E-state index in [1.807, 2.05) is 0 Å². The normalized spacial score (nSPS) is 34.1. The Kier molecular flexibility index (Phi) is 1.67. The maximum absolute atomic E-state index is 2.44. The zero-order valence-electron chi connectivity index (χ0n) is 8.41. The van der Waals surface area contributed by atoms with E-state index < -0.39 is 0 Å². The quantitative estimate of drug-likeness (QED) is 0.549. The second-order valence-electron chi connectivity index (χ2n) is 4.60. The molecule has 0 radical (unpaired) electrons. The number of rotatable bonds is 1. The maximum Gasteiger partial charge on any atom is -0.00752 e. The smallest absolute Gasteiger partial charge is 0.00752 e. The molecule has 2 rings (SSSR count).